The van der Waals surface area contributed by atoms with Gasteiger partial charge < -0.3 is 15.8 Å². The summed E-state index contributed by atoms with van der Waals surface area (Å²) < 4.78 is 5.83. The number of carbonyl (C=O) groups excluding carboxylic acids is 1. The number of nitrogens with two attached hydrogens (primary N) is 1. The fraction of sp³-hybridized carbons (Fsp3) is 0.167. The van der Waals surface area contributed by atoms with Crippen molar-refractivity contribution in [1.82, 2.24) is 0 Å². The smallest absolute Gasteiger partial charge is 0.255 e. The number of anilines is 2. The van der Waals surface area contributed by atoms with Crippen molar-refractivity contribution in [3.05, 3.63) is 94.5 Å². The summed E-state index contributed by atoms with van der Waals surface area (Å²) in [6.07, 6.45) is 0. The maximum absolute atomic E-state index is 12.5. The Hall–Kier alpha value is -3.60. The molecule has 1 amide bonds. The first kappa shape index (κ1) is 18.7. The monoisotopic (exact) mass is 385 g/mol. The summed E-state index contributed by atoms with van der Waals surface area (Å²) in [6.45, 7) is 4.66. The molecule has 0 aromatic heterocycles. The third-order valence-electron chi connectivity index (χ3n) is 5.17. The van der Waals surface area contributed by atoms with Gasteiger partial charge in [0.1, 0.15) is 12.6 Å². The van der Waals surface area contributed by atoms with Crippen LogP contribution in [-0.2, 0) is 4.74 Å². The molecule has 1 atom stereocenters. The molecule has 146 valence electrons. The van der Waals surface area contributed by atoms with Gasteiger partial charge in [-0.1, -0.05) is 30.3 Å². The summed E-state index contributed by atoms with van der Waals surface area (Å²) in [6, 6.07) is 20.8. The van der Waals surface area contributed by atoms with Crippen LogP contribution in [0.15, 0.2) is 71.7 Å². The normalized spacial score (nSPS) is 15.5. The number of hydrogen-bond acceptors (Lipinski definition) is 4. The summed E-state index contributed by atoms with van der Waals surface area (Å²) in [5.41, 5.74) is 12.1. The molecule has 0 aliphatic carbocycles. The molecule has 1 aliphatic rings. The van der Waals surface area contributed by atoms with E-state index in [0.717, 1.165) is 11.1 Å². The van der Waals surface area contributed by atoms with Crippen LogP contribution in [0.25, 0.3) is 0 Å². The van der Waals surface area contributed by atoms with E-state index in [1.165, 1.54) is 11.1 Å². The molecular weight excluding hydrogens is 362 g/mol. The standard InChI is InChI=1S/C24H23N3O2/c1-15-7-8-19(13-16(15)2)24-27-22(14-29-24)17-9-11-18(12-10-17)23(28)26-21-6-4-3-5-20(21)25/h3-13,22H,14,25H2,1-2H3,(H,26,28). The van der Waals surface area contributed by atoms with Crippen molar-refractivity contribution in [3.8, 4) is 0 Å². The van der Waals surface area contributed by atoms with Crippen molar-refractivity contribution < 1.29 is 9.53 Å². The van der Waals surface area contributed by atoms with E-state index >= 15 is 0 Å². The van der Waals surface area contributed by atoms with Gasteiger partial charge in [0.2, 0.25) is 5.90 Å². The Morgan fingerprint density at radius 3 is 2.52 bits per heavy atom. The van der Waals surface area contributed by atoms with E-state index in [-0.39, 0.29) is 11.9 Å². The topological polar surface area (TPSA) is 76.7 Å². The summed E-state index contributed by atoms with van der Waals surface area (Å²) in [5.74, 6) is 0.468. The summed E-state index contributed by atoms with van der Waals surface area (Å²) in [7, 11) is 0. The lowest BCUT2D eigenvalue weighted by molar-refractivity contribution is 0.102. The fourth-order valence-corrected chi connectivity index (χ4v) is 3.24. The van der Waals surface area contributed by atoms with Crippen LogP contribution in [0.4, 0.5) is 11.4 Å². The first-order valence-electron chi connectivity index (χ1n) is 9.55. The first-order valence-corrected chi connectivity index (χ1v) is 9.55. The van der Waals surface area contributed by atoms with E-state index < -0.39 is 0 Å². The number of hydrogen-bond donors (Lipinski definition) is 2. The molecule has 29 heavy (non-hydrogen) atoms. The Bertz CT molecular complexity index is 1090. The molecule has 3 N–H and O–H groups in total. The van der Waals surface area contributed by atoms with Crippen molar-refractivity contribution in [3.63, 3.8) is 0 Å². The highest BCUT2D eigenvalue weighted by Gasteiger charge is 2.22. The number of benzene rings is 3. The molecular formula is C24H23N3O2. The number of nitrogen functional groups attached to an aromatic ring is 1. The Kier molecular flexibility index (Phi) is 5.04. The molecule has 0 saturated carbocycles. The highest BCUT2D eigenvalue weighted by atomic mass is 16.5. The predicted octanol–water partition coefficient (Wildman–Crippen LogP) is 4.66. The number of ether oxygens (including phenoxy) is 1. The van der Waals surface area contributed by atoms with Gasteiger partial charge in [0.25, 0.3) is 5.91 Å². The molecule has 4 rings (SSSR count). The Morgan fingerprint density at radius 2 is 1.79 bits per heavy atom. The first-order chi connectivity index (χ1) is 14.0. The van der Waals surface area contributed by atoms with Crippen LogP contribution in [0, 0.1) is 13.8 Å². The van der Waals surface area contributed by atoms with Crippen molar-refractivity contribution >= 4 is 23.2 Å². The van der Waals surface area contributed by atoms with Gasteiger partial charge in [0.05, 0.1) is 11.4 Å². The molecule has 1 unspecified atom stereocenters. The SMILES string of the molecule is Cc1ccc(C2=NC(c3ccc(C(=O)Nc4ccccc4N)cc3)CO2)cc1C. The highest BCUT2D eigenvalue weighted by Crippen LogP contribution is 2.26. The van der Waals surface area contributed by atoms with E-state index in [9.17, 15) is 4.79 Å². The third-order valence-corrected chi connectivity index (χ3v) is 5.17. The Labute approximate surface area is 170 Å². The lowest BCUT2D eigenvalue weighted by Gasteiger charge is -2.09. The van der Waals surface area contributed by atoms with Crippen LogP contribution >= 0.6 is 0 Å². The number of aryl methyl sites for hydroxylation is 2. The molecule has 0 spiro atoms. The second kappa shape index (κ2) is 7.80. The number of rotatable bonds is 4. The minimum Gasteiger partial charge on any atom is -0.475 e. The molecule has 3 aromatic carbocycles. The van der Waals surface area contributed by atoms with Crippen molar-refractivity contribution in [2.24, 2.45) is 4.99 Å². The van der Waals surface area contributed by atoms with Gasteiger partial charge in [-0.05, 0) is 66.9 Å². The van der Waals surface area contributed by atoms with Crippen LogP contribution in [0.3, 0.4) is 0 Å². The highest BCUT2D eigenvalue weighted by molar-refractivity contribution is 6.05. The zero-order valence-corrected chi connectivity index (χ0v) is 16.5. The van der Waals surface area contributed by atoms with Gasteiger partial charge in [-0.25, -0.2) is 4.99 Å². The number of nitrogens with zero attached hydrogens (tertiary/aromatic N) is 1. The molecule has 5 heteroatoms. The number of para-hydroxylation sites is 2. The van der Waals surface area contributed by atoms with Gasteiger partial charge >= 0.3 is 0 Å². The van der Waals surface area contributed by atoms with Crippen molar-refractivity contribution in [2.45, 2.75) is 19.9 Å². The average Bonchev–Trinajstić information content (AvgIpc) is 3.22. The van der Waals surface area contributed by atoms with Crippen LogP contribution < -0.4 is 11.1 Å². The Morgan fingerprint density at radius 1 is 1.03 bits per heavy atom. The third kappa shape index (κ3) is 3.99. The van der Waals surface area contributed by atoms with E-state index in [1.807, 2.05) is 30.3 Å². The second-order valence-corrected chi connectivity index (χ2v) is 7.22. The van der Waals surface area contributed by atoms with Gasteiger partial charge in [0, 0.05) is 11.1 Å². The molecule has 0 fully saturated rings. The van der Waals surface area contributed by atoms with Gasteiger partial charge in [-0.3, -0.25) is 4.79 Å². The minimum atomic E-state index is -0.198. The molecule has 3 aromatic rings. The summed E-state index contributed by atoms with van der Waals surface area (Å²) in [5, 5.41) is 2.84. The second-order valence-electron chi connectivity index (χ2n) is 7.22. The van der Waals surface area contributed by atoms with Crippen molar-refractivity contribution in [2.75, 3.05) is 17.7 Å². The lowest BCUT2D eigenvalue weighted by Crippen LogP contribution is -2.13. The van der Waals surface area contributed by atoms with Gasteiger partial charge in [-0.15, -0.1) is 0 Å². The maximum Gasteiger partial charge on any atom is 0.255 e. The number of nitrogens with one attached hydrogen (secondary N) is 1. The molecule has 0 radical (unpaired) electrons. The molecule has 1 aliphatic heterocycles. The quantitative estimate of drug-likeness (QED) is 0.642. The summed E-state index contributed by atoms with van der Waals surface area (Å²) >= 11 is 0. The molecule has 1 heterocycles. The number of aliphatic imine (C=N–C) groups is 1. The zero-order valence-electron chi connectivity index (χ0n) is 16.5. The van der Waals surface area contributed by atoms with Gasteiger partial charge in [-0.2, -0.15) is 0 Å². The average molecular weight is 385 g/mol. The molecule has 0 saturated heterocycles. The van der Waals surface area contributed by atoms with E-state index in [0.29, 0.717) is 29.4 Å². The van der Waals surface area contributed by atoms with Crippen LogP contribution in [0.2, 0.25) is 0 Å². The van der Waals surface area contributed by atoms with Crippen LogP contribution in [0.1, 0.15) is 38.7 Å². The zero-order chi connectivity index (χ0) is 20.4. The maximum atomic E-state index is 12.5. The van der Waals surface area contributed by atoms with E-state index in [4.69, 9.17) is 15.5 Å². The lowest BCUT2D eigenvalue weighted by atomic mass is 10.1. The molecule has 5 nitrogen and oxygen atoms in total. The van der Waals surface area contributed by atoms with Crippen LogP contribution in [0.5, 0.6) is 0 Å². The van der Waals surface area contributed by atoms with E-state index in [2.05, 4.69) is 31.3 Å². The van der Waals surface area contributed by atoms with Crippen molar-refractivity contribution in [1.29, 1.82) is 0 Å². The largest absolute Gasteiger partial charge is 0.475 e. The van der Waals surface area contributed by atoms with E-state index in [1.54, 1.807) is 24.3 Å². The fourth-order valence-electron chi connectivity index (χ4n) is 3.24. The minimum absolute atomic E-state index is 0.0755. The number of amides is 1. The van der Waals surface area contributed by atoms with Gasteiger partial charge in [0.15, 0.2) is 0 Å². The number of carbonyl (C=O) groups is 1. The predicted molar refractivity (Wildman–Crippen MR) is 116 cm³/mol. The molecule has 0 bridgehead atoms. The van der Waals surface area contributed by atoms with Crippen LogP contribution in [-0.4, -0.2) is 18.4 Å². The Balaban J connectivity index is 1.48. The summed E-state index contributed by atoms with van der Waals surface area (Å²) in [4.78, 5) is 17.2.